The second-order valence-electron chi connectivity index (χ2n) is 6.18. The SMILES string of the molecule is CCCCCCOc1ccccc1/C=C(\C(=O)O)c1ccc(C)cc1. The first-order valence-corrected chi connectivity index (χ1v) is 8.85. The lowest BCUT2D eigenvalue weighted by atomic mass is 10.0. The molecule has 3 heteroatoms. The van der Waals surface area contributed by atoms with Crippen LogP contribution in [0.5, 0.6) is 5.75 Å². The summed E-state index contributed by atoms with van der Waals surface area (Å²) >= 11 is 0. The topological polar surface area (TPSA) is 46.5 Å². The van der Waals surface area contributed by atoms with E-state index in [9.17, 15) is 9.90 Å². The van der Waals surface area contributed by atoms with Gasteiger partial charge in [-0.15, -0.1) is 0 Å². The van der Waals surface area contributed by atoms with Crippen molar-refractivity contribution in [2.24, 2.45) is 0 Å². The van der Waals surface area contributed by atoms with Crippen molar-refractivity contribution in [1.82, 2.24) is 0 Å². The molecule has 3 nitrogen and oxygen atoms in total. The van der Waals surface area contributed by atoms with E-state index >= 15 is 0 Å². The molecule has 25 heavy (non-hydrogen) atoms. The Labute approximate surface area is 150 Å². The molecule has 0 fully saturated rings. The molecule has 0 bridgehead atoms. The minimum Gasteiger partial charge on any atom is -0.493 e. The van der Waals surface area contributed by atoms with Crippen LogP contribution in [0.2, 0.25) is 0 Å². The predicted octanol–water partition coefficient (Wildman–Crippen LogP) is 5.58. The van der Waals surface area contributed by atoms with E-state index in [1.165, 1.54) is 12.8 Å². The van der Waals surface area contributed by atoms with Crippen LogP contribution in [-0.2, 0) is 4.79 Å². The molecule has 0 unspecified atom stereocenters. The number of aliphatic carboxylic acids is 1. The van der Waals surface area contributed by atoms with Gasteiger partial charge in [-0.1, -0.05) is 74.2 Å². The summed E-state index contributed by atoms with van der Waals surface area (Å²) in [5, 5.41) is 9.61. The van der Waals surface area contributed by atoms with E-state index in [0.717, 1.165) is 29.7 Å². The number of benzene rings is 2. The van der Waals surface area contributed by atoms with Crippen LogP contribution in [0.1, 0.15) is 49.3 Å². The Morgan fingerprint density at radius 2 is 1.76 bits per heavy atom. The Hall–Kier alpha value is -2.55. The maximum atomic E-state index is 11.7. The van der Waals surface area contributed by atoms with Gasteiger partial charge in [0.1, 0.15) is 5.75 Å². The van der Waals surface area contributed by atoms with Crippen LogP contribution in [0.15, 0.2) is 48.5 Å². The van der Waals surface area contributed by atoms with Gasteiger partial charge in [0.15, 0.2) is 0 Å². The average molecular weight is 338 g/mol. The van der Waals surface area contributed by atoms with E-state index < -0.39 is 5.97 Å². The molecule has 2 aromatic rings. The summed E-state index contributed by atoms with van der Waals surface area (Å²) in [5.41, 5.74) is 2.85. The first-order chi connectivity index (χ1) is 12.1. The number of ether oxygens (including phenoxy) is 1. The molecule has 0 aromatic heterocycles. The standard InChI is InChI=1S/C22H26O3/c1-3-4-5-8-15-25-21-10-7-6-9-19(21)16-20(22(23)24)18-13-11-17(2)12-14-18/h6-7,9-14,16H,3-5,8,15H2,1-2H3,(H,23,24)/b20-16-. The maximum absolute atomic E-state index is 11.7. The molecule has 0 spiro atoms. The fourth-order valence-corrected chi connectivity index (χ4v) is 2.60. The van der Waals surface area contributed by atoms with Gasteiger partial charge < -0.3 is 9.84 Å². The summed E-state index contributed by atoms with van der Waals surface area (Å²) < 4.78 is 5.88. The zero-order valence-corrected chi connectivity index (χ0v) is 15.0. The number of carbonyl (C=O) groups is 1. The summed E-state index contributed by atoms with van der Waals surface area (Å²) in [6, 6.07) is 15.1. The molecule has 0 aliphatic heterocycles. The molecule has 0 saturated carbocycles. The zero-order valence-electron chi connectivity index (χ0n) is 15.0. The van der Waals surface area contributed by atoms with Crippen molar-refractivity contribution in [3.63, 3.8) is 0 Å². The summed E-state index contributed by atoms with van der Waals surface area (Å²) in [5.74, 6) is -0.216. The van der Waals surface area contributed by atoms with Gasteiger partial charge in [-0.2, -0.15) is 0 Å². The van der Waals surface area contributed by atoms with Crippen molar-refractivity contribution in [2.45, 2.75) is 39.5 Å². The second-order valence-corrected chi connectivity index (χ2v) is 6.18. The van der Waals surface area contributed by atoms with Crippen molar-refractivity contribution in [1.29, 1.82) is 0 Å². The van der Waals surface area contributed by atoms with Gasteiger partial charge in [0.2, 0.25) is 0 Å². The van der Waals surface area contributed by atoms with E-state index in [4.69, 9.17) is 4.74 Å². The highest BCUT2D eigenvalue weighted by molar-refractivity contribution is 6.20. The van der Waals surface area contributed by atoms with Crippen LogP contribution in [-0.4, -0.2) is 17.7 Å². The van der Waals surface area contributed by atoms with Gasteiger partial charge in [-0.25, -0.2) is 4.79 Å². The van der Waals surface area contributed by atoms with Gasteiger partial charge in [0.25, 0.3) is 0 Å². The number of unbranched alkanes of at least 4 members (excludes halogenated alkanes) is 3. The lowest BCUT2D eigenvalue weighted by Gasteiger charge is -2.10. The van der Waals surface area contributed by atoms with Gasteiger partial charge in [0, 0.05) is 5.56 Å². The molecule has 0 aliphatic rings. The number of carboxylic acids is 1. The fourth-order valence-electron chi connectivity index (χ4n) is 2.60. The molecule has 0 heterocycles. The smallest absolute Gasteiger partial charge is 0.336 e. The predicted molar refractivity (Wildman–Crippen MR) is 103 cm³/mol. The molecule has 0 aliphatic carbocycles. The number of hydrogen-bond donors (Lipinski definition) is 1. The Morgan fingerprint density at radius 1 is 1.04 bits per heavy atom. The number of aryl methyl sites for hydroxylation is 1. The van der Waals surface area contributed by atoms with E-state index in [-0.39, 0.29) is 5.57 Å². The van der Waals surface area contributed by atoms with Crippen LogP contribution >= 0.6 is 0 Å². The molecule has 2 rings (SSSR count). The normalized spacial score (nSPS) is 11.4. The Morgan fingerprint density at radius 3 is 2.44 bits per heavy atom. The van der Waals surface area contributed by atoms with Gasteiger partial charge in [-0.3, -0.25) is 0 Å². The first-order valence-electron chi connectivity index (χ1n) is 8.85. The minimum absolute atomic E-state index is 0.266. The molecule has 2 aromatic carbocycles. The van der Waals surface area contributed by atoms with E-state index in [1.807, 2.05) is 55.5 Å². The van der Waals surface area contributed by atoms with Crippen LogP contribution in [0.4, 0.5) is 0 Å². The zero-order chi connectivity index (χ0) is 18.1. The average Bonchev–Trinajstić information content (AvgIpc) is 2.61. The van der Waals surface area contributed by atoms with Crippen LogP contribution in [0, 0.1) is 6.92 Å². The van der Waals surface area contributed by atoms with Crippen LogP contribution < -0.4 is 4.74 Å². The minimum atomic E-state index is -0.943. The Kier molecular flexibility index (Phi) is 7.27. The molecule has 0 saturated heterocycles. The lowest BCUT2D eigenvalue weighted by molar-refractivity contribution is -0.130. The van der Waals surface area contributed by atoms with E-state index in [2.05, 4.69) is 6.92 Å². The molecule has 132 valence electrons. The lowest BCUT2D eigenvalue weighted by Crippen LogP contribution is -2.02. The third-order valence-electron chi connectivity index (χ3n) is 4.07. The maximum Gasteiger partial charge on any atom is 0.336 e. The summed E-state index contributed by atoms with van der Waals surface area (Å²) in [7, 11) is 0. The number of rotatable bonds is 9. The summed E-state index contributed by atoms with van der Waals surface area (Å²) in [6.45, 7) is 4.81. The molecule has 1 N–H and O–H groups in total. The van der Waals surface area contributed by atoms with E-state index in [1.54, 1.807) is 6.08 Å². The summed E-state index contributed by atoms with van der Waals surface area (Å²) in [6.07, 6.45) is 6.25. The number of carboxylic acid groups (broad SMARTS) is 1. The Balaban J connectivity index is 2.21. The number of hydrogen-bond acceptors (Lipinski definition) is 2. The van der Waals surface area contributed by atoms with Crippen molar-refractivity contribution in [2.75, 3.05) is 6.61 Å². The van der Waals surface area contributed by atoms with Crippen molar-refractivity contribution >= 4 is 17.6 Å². The third-order valence-corrected chi connectivity index (χ3v) is 4.07. The van der Waals surface area contributed by atoms with Gasteiger partial charge in [0.05, 0.1) is 12.2 Å². The molecule has 0 amide bonds. The van der Waals surface area contributed by atoms with Crippen LogP contribution in [0.25, 0.3) is 11.6 Å². The highest BCUT2D eigenvalue weighted by Crippen LogP contribution is 2.25. The quantitative estimate of drug-likeness (QED) is 0.369. The summed E-state index contributed by atoms with van der Waals surface area (Å²) in [4.78, 5) is 11.7. The molecule has 0 atom stereocenters. The fraction of sp³-hybridized carbons (Fsp3) is 0.318. The van der Waals surface area contributed by atoms with Crippen molar-refractivity contribution in [3.8, 4) is 5.75 Å². The monoisotopic (exact) mass is 338 g/mol. The highest BCUT2D eigenvalue weighted by atomic mass is 16.5. The van der Waals surface area contributed by atoms with Crippen molar-refractivity contribution in [3.05, 3.63) is 65.2 Å². The highest BCUT2D eigenvalue weighted by Gasteiger charge is 2.12. The van der Waals surface area contributed by atoms with Crippen LogP contribution in [0.3, 0.4) is 0 Å². The first kappa shape index (κ1) is 18.8. The van der Waals surface area contributed by atoms with Gasteiger partial charge in [-0.05, 0) is 31.1 Å². The molecular weight excluding hydrogens is 312 g/mol. The Bertz CT molecular complexity index is 714. The molecular formula is C22H26O3. The largest absolute Gasteiger partial charge is 0.493 e. The van der Waals surface area contributed by atoms with Crippen molar-refractivity contribution < 1.29 is 14.6 Å². The van der Waals surface area contributed by atoms with E-state index in [0.29, 0.717) is 12.2 Å². The second kappa shape index (κ2) is 9.67. The van der Waals surface area contributed by atoms with Gasteiger partial charge >= 0.3 is 5.97 Å². The number of para-hydroxylation sites is 1. The molecule has 0 radical (unpaired) electrons. The third kappa shape index (κ3) is 5.79.